The molecule has 0 N–H and O–H groups in total. The number of hydrogen-bond acceptors (Lipinski definition) is 3. The molecule has 0 saturated carbocycles. The largest absolute Gasteiger partial charge is 0.347 e. The first kappa shape index (κ1) is 17.1. The molecule has 1 heterocycles. The summed E-state index contributed by atoms with van der Waals surface area (Å²) in [6.07, 6.45) is 1.78. The highest BCUT2D eigenvalue weighted by atomic mass is 35.5. The fraction of sp³-hybridized carbons (Fsp3) is 0.250. The molecule has 1 aliphatic rings. The average Bonchev–Trinajstić information content (AvgIpc) is 2.76. The Bertz CT molecular complexity index is 813. The molecule has 0 fully saturated rings. The van der Waals surface area contributed by atoms with Crippen LogP contribution in [-0.4, -0.2) is 18.6 Å². The Morgan fingerprint density at radius 2 is 1.83 bits per heavy atom. The maximum Gasteiger partial charge on any atom is 0.167 e. The number of allylic oxidation sites excluding steroid dienone is 2. The van der Waals surface area contributed by atoms with Crippen LogP contribution in [0.5, 0.6) is 0 Å². The Kier molecular flexibility index (Phi) is 4.75. The van der Waals surface area contributed by atoms with Crippen LogP contribution < -0.4 is 4.90 Å². The molecule has 0 spiro atoms. The number of anilines is 1. The molecule has 0 unspecified atom stereocenters. The van der Waals surface area contributed by atoms with E-state index < -0.39 is 0 Å². The van der Waals surface area contributed by atoms with Gasteiger partial charge in [0, 0.05) is 34.8 Å². The smallest absolute Gasteiger partial charge is 0.167 e. The van der Waals surface area contributed by atoms with E-state index in [4.69, 9.17) is 11.6 Å². The van der Waals surface area contributed by atoms with Gasteiger partial charge in [-0.25, -0.2) is 0 Å². The van der Waals surface area contributed by atoms with Crippen molar-refractivity contribution >= 4 is 34.8 Å². The minimum Gasteiger partial charge on any atom is -0.347 e. The van der Waals surface area contributed by atoms with Crippen molar-refractivity contribution in [2.75, 3.05) is 17.7 Å². The molecule has 3 rings (SSSR count). The molecule has 2 aromatic carbocycles. The molecule has 124 valence electrons. The molecule has 0 aliphatic carbocycles. The summed E-state index contributed by atoms with van der Waals surface area (Å²) in [6, 6.07) is 15.9. The number of likely N-dealkylation sites (N-methyl/N-ethyl adjacent to an activating group) is 1. The number of thioether (sulfide) groups is 1. The average molecular weight is 358 g/mol. The minimum absolute atomic E-state index is 0.0997. The van der Waals surface area contributed by atoms with E-state index in [1.54, 1.807) is 6.08 Å². The summed E-state index contributed by atoms with van der Waals surface area (Å²) in [5.41, 5.74) is 3.29. The van der Waals surface area contributed by atoms with E-state index in [9.17, 15) is 4.79 Å². The normalized spacial score (nSPS) is 17.2. The Balaban J connectivity index is 1.79. The Morgan fingerprint density at radius 1 is 1.17 bits per heavy atom. The second-order valence-corrected chi connectivity index (χ2v) is 7.84. The summed E-state index contributed by atoms with van der Waals surface area (Å²) < 4.78 is 0. The lowest BCUT2D eigenvalue weighted by Gasteiger charge is -2.23. The van der Waals surface area contributed by atoms with Crippen molar-refractivity contribution in [2.45, 2.75) is 24.2 Å². The standard InChI is InChI=1S/C20H20ClNOS/c1-20(2)15-8-4-6-10-17(15)22(3)19(20)12-14(23)13-24-18-11-7-5-9-16(18)21/h4-12H,13H2,1-3H3. The Morgan fingerprint density at radius 3 is 2.54 bits per heavy atom. The number of hydrogen-bond donors (Lipinski definition) is 0. The maximum absolute atomic E-state index is 12.5. The van der Waals surface area contributed by atoms with Gasteiger partial charge in [0.2, 0.25) is 0 Å². The van der Waals surface area contributed by atoms with Gasteiger partial charge in [-0.1, -0.05) is 55.8 Å². The summed E-state index contributed by atoms with van der Waals surface area (Å²) in [6.45, 7) is 4.32. The molecule has 0 amide bonds. The lowest BCUT2D eigenvalue weighted by atomic mass is 9.83. The van der Waals surface area contributed by atoms with E-state index >= 15 is 0 Å². The lowest BCUT2D eigenvalue weighted by molar-refractivity contribution is -0.112. The van der Waals surface area contributed by atoms with Crippen LogP contribution in [0.3, 0.4) is 0 Å². The number of rotatable bonds is 4. The van der Waals surface area contributed by atoms with Crippen molar-refractivity contribution in [3.05, 3.63) is 70.9 Å². The van der Waals surface area contributed by atoms with Crippen LogP contribution in [0.2, 0.25) is 5.02 Å². The van der Waals surface area contributed by atoms with E-state index in [1.807, 2.05) is 43.4 Å². The number of fused-ring (bicyclic) bond motifs is 1. The topological polar surface area (TPSA) is 20.3 Å². The minimum atomic E-state index is -0.171. The van der Waals surface area contributed by atoms with Gasteiger partial charge in [0.05, 0.1) is 10.8 Å². The van der Waals surface area contributed by atoms with Gasteiger partial charge in [-0.2, -0.15) is 0 Å². The molecule has 2 aromatic rings. The highest BCUT2D eigenvalue weighted by Crippen LogP contribution is 2.46. The molecule has 4 heteroatoms. The van der Waals surface area contributed by atoms with E-state index in [1.165, 1.54) is 23.0 Å². The van der Waals surface area contributed by atoms with Gasteiger partial charge in [-0.3, -0.25) is 4.79 Å². The third-order valence-electron chi connectivity index (χ3n) is 4.44. The molecule has 0 bridgehead atoms. The Hall–Kier alpha value is -1.71. The number of halogens is 1. The van der Waals surface area contributed by atoms with E-state index in [2.05, 4.69) is 30.9 Å². The van der Waals surface area contributed by atoms with Crippen LogP contribution in [0.15, 0.2) is 65.2 Å². The number of para-hydroxylation sites is 1. The van der Waals surface area contributed by atoms with Crippen LogP contribution in [-0.2, 0) is 10.2 Å². The third-order valence-corrected chi connectivity index (χ3v) is 5.98. The number of nitrogens with zero attached hydrogens (tertiary/aromatic N) is 1. The number of benzene rings is 2. The molecule has 0 radical (unpaired) electrons. The van der Waals surface area contributed by atoms with Crippen molar-refractivity contribution in [2.24, 2.45) is 0 Å². The van der Waals surface area contributed by atoms with Crippen molar-refractivity contribution < 1.29 is 4.79 Å². The summed E-state index contributed by atoms with van der Waals surface area (Å²) in [5.74, 6) is 0.482. The van der Waals surface area contributed by atoms with Crippen molar-refractivity contribution in [3.63, 3.8) is 0 Å². The van der Waals surface area contributed by atoms with Gasteiger partial charge in [-0.15, -0.1) is 11.8 Å². The summed E-state index contributed by atoms with van der Waals surface area (Å²) in [5, 5.41) is 0.689. The van der Waals surface area contributed by atoms with Gasteiger partial charge >= 0.3 is 0 Å². The van der Waals surface area contributed by atoms with Gasteiger partial charge < -0.3 is 4.90 Å². The molecule has 0 saturated heterocycles. The molecular formula is C20H20ClNOS. The van der Waals surface area contributed by atoms with Gasteiger partial charge in [0.15, 0.2) is 5.78 Å². The molecular weight excluding hydrogens is 338 g/mol. The second-order valence-electron chi connectivity index (χ2n) is 6.42. The molecule has 0 aromatic heterocycles. The van der Waals surface area contributed by atoms with Crippen LogP contribution >= 0.6 is 23.4 Å². The number of carbonyl (C=O) groups is 1. The first-order valence-corrected chi connectivity index (χ1v) is 9.23. The first-order valence-electron chi connectivity index (χ1n) is 7.87. The fourth-order valence-electron chi connectivity index (χ4n) is 3.16. The van der Waals surface area contributed by atoms with E-state index in [-0.39, 0.29) is 11.2 Å². The quantitative estimate of drug-likeness (QED) is 0.546. The summed E-state index contributed by atoms with van der Waals surface area (Å²) in [4.78, 5) is 15.6. The number of ketones is 1. The highest BCUT2D eigenvalue weighted by molar-refractivity contribution is 8.00. The number of carbonyl (C=O) groups excluding carboxylic acids is 1. The molecule has 1 aliphatic heterocycles. The van der Waals surface area contributed by atoms with Gasteiger partial charge in [-0.05, 0) is 23.8 Å². The van der Waals surface area contributed by atoms with E-state index in [0.717, 1.165) is 10.6 Å². The van der Waals surface area contributed by atoms with Crippen molar-refractivity contribution in [1.82, 2.24) is 0 Å². The lowest BCUT2D eigenvalue weighted by Crippen LogP contribution is -2.24. The second kappa shape index (κ2) is 6.66. The van der Waals surface area contributed by atoms with Crippen molar-refractivity contribution in [1.29, 1.82) is 0 Å². The van der Waals surface area contributed by atoms with Crippen LogP contribution in [0.25, 0.3) is 0 Å². The zero-order chi connectivity index (χ0) is 17.3. The summed E-state index contributed by atoms with van der Waals surface area (Å²) >= 11 is 7.63. The maximum atomic E-state index is 12.5. The zero-order valence-electron chi connectivity index (χ0n) is 14.0. The van der Waals surface area contributed by atoms with Crippen LogP contribution in [0.1, 0.15) is 19.4 Å². The van der Waals surface area contributed by atoms with Crippen LogP contribution in [0, 0.1) is 0 Å². The van der Waals surface area contributed by atoms with Crippen LogP contribution in [0.4, 0.5) is 5.69 Å². The SMILES string of the molecule is CN1C(=CC(=O)CSc2ccccc2Cl)C(C)(C)c2ccccc21. The molecule has 2 nitrogen and oxygen atoms in total. The fourth-order valence-corrected chi connectivity index (χ4v) is 4.22. The summed E-state index contributed by atoms with van der Waals surface area (Å²) in [7, 11) is 2.02. The van der Waals surface area contributed by atoms with E-state index in [0.29, 0.717) is 10.8 Å². The predicted octanol–water partition coefficient (Wildman–Crippen LogP) is 5.31. The van der Waals surface area contributed by atoms with Gasteiger partial charge in [0.25, 0.3) is 0 Å². The Labute approximate surface area is 152 Å². The first-order chi connectivity index (χ1) is 11.4. The predicted molar refractivity (Wildman–Crippen MR) is 103 cm³/mol. The third kappa shape index (κ3) is 3.11. The highest BCUT2D eigenvalue weighted by Gasteiger charge is 2.38. The van der Waals surface area contributed by atoms with Crippen molar-refractivity contribution in [3.8, 4) is 0 Å². The van der Waals surface area contributed by atoms with Gasteiger partial charge in [0.1, 0.15) is 0 Å². The zero-order valence-corrected chi connectivity index (χ0v) is 15.6. The monoisotopic (exact) mass is 357 g/mol. The molecule has 0 atom stereocenters. The molecule has 24 heavy (non-hydrogen) atoms.